The first-order chi connectivity index (χ1) is 12.7. The molecule has 1 saturated heterocycles. The minimum atomic E-state index is 0.148. The number of carbonyl (C=O) groups is 1. The topological polar surface area (TPSA) is 59.4 Å². The van der Waals surface area contributed by atoms with E-state index < -0.39 is 0 Å². The van der Waals surface area contributed by atoms with Crippen LogP contribution in [-0.4, -0.2) is 46.3 Å². The van der Waals surface area contributed by atoms with E-state index in [0.29, 0.717) is 6.61 Å². The Morgan fingerprint density at radius 1 is 1.35 bits per heavy atom. The molecule has 0 bridgehead atoms. The molecule has 6 nitrogen and oxygen atoms in total. The third kappa shape index (κ3) is 4.29. The average Bonchev–Trinajstić information content (AvgIpc) is 3.01. The van der Waals surface area contributed by atoms with E-state index >= 15 is 0 Å². The van der Waals surface area contributed by atoms with Gasteiger partial charge in [0.2, 0.25) is 5.91 Å². The van der Waals surface area contributed by atoms with E-state index in [1.807, 2.05) is 0 Å². The van der Waals surface area contributed by atoms with Gasteiger partial charge in [0.15, 0.2) is 0 Å². The number of ether oxygens (including phenoxy) is 1. The number of carbonyl (C=O) groups excluding carboxylic acids is 1. The number of nitrogens with one attached hydrogen (secondary N) is 1. The van der Waals surface area contributed by atoms with Crippen LogP contribution in [0.2, 0.25) is 0 Å². The molecule has 6 heteroatoms. The monoisotopic (exact) mass is 362 g/mol. The molecule has 1 atom stereocenters. The van der Waals surface area contributed by atoms with Gasteiger partial charge >= 0.3 is 0 Å². The van der Waals surface area contributed by atoms with E-state index in [0.717, 1.165) is 70.6 Å². The van der Waals surface area contributed by atoms with Crippen LogP contribution in [0.4, 0.5) is 0 Å². The van der Waals surface area contributed by atoms with Gasteiger partial charge in [0.05, 0.1) is 18.9 Å². The lowest BCUT2D eigenvalue weighted by Crippen LogP contribution is -2.48. The van der Waals surface area contributed by atoms with Crippen LogP contribution < -0.4 is 5.32 Å². The third-order valence-corrected chi connectivity index (χ3v) is 5.86. The summed E-state index contributed by atoms with van der Waals surface area (Å²) in [6.07, 6.45) is 5.00. The van der Waals surface area contributed by atoms with E-state index in [9.17, 15) is 4.79 Å². The van der Waals surface area contributed by atoms with Crippen LogP contribution in [0.25, 0.3) is 0 Å². The molecular weight excluding hydrogens is 328 g/mol. The molecule has 2 aliphatic rings. The molecule has 1 aromatic rings. The van der Waals surface area contributed by atoms with Gasteiger partial charge in [-0.25, -0.2) is 0 Å². The van der Waals surface area contributed by atoms with Crippen LogP contribution in [-0.2, 0) is 35.6 Å². The molecule has 1 amide bonds. The lowest BCUT2D eigenvalue weighted by molar-refractivity contribution is -0.126. The average molecular weight is 363 g/mol. The molecule has 1 N–H and O–H groups in total. The first-order valence-electron chi connectivity index (χ1n) is 10.3. The normalized spacial score (nSPS) is 21.0. The summed E-state index contributed by atoms with van der Waals surface area (Å²) in [6, 6.07) is 0.261. The Bertz CT molecular complexity index is 609. The van der Waals surface area contributed by atoms with Gasteiger partial charge < -0.3 is 10.1 Å². The summed E-state index contributed by atoms with van der Waals surface area (Å²) in [5.74, 6) is 0.373. The van der Waals surface area contributed by atoms with E-state index in [1.165, 1.54) is 11.3 Å². The lowest BCUT2D eigenvalue weighted by Gasteiger charge is -2.33. The predicted octanol–water partition coefficient (Wildman–Crippen LogP) is 2.49. The SMILES string of the molecule is CCC(CC)C(=O)NC1CCCN(Cc2nn(CC)c3c2COCC3)C1. The lowest BCUT2D eigenvalue weighted by atomic mass is 10.00. The van der Waals surface area contributed by atoms with Gasteiger partial charge in [-0.1, -0.05) is 13.8 Å². The Morgan fingerprint density at radius 2 is 2.15 bits per heavy atom. The molecule has 0 aromatic carbocycles. The summed E-state index contributed by atoms with van der Waals surface area (Å²) >= 11 is 0. The molecule has 1 unspecified atom stereocenters. The molecule has 0 aliphatic carbocycles. The number of fused-ring (bicyclic) bond motifs is 1. The molecule has 2 aliphatic heterocycles. The van der Waals surface area contributed by atoms with Crippen LogP contribution in [0.5, 0.6) is 0 Å². The molecule has 26 heavy (non-hydrogen) atoms. The maximum absolute atomic E-state index is 12.4. The Balaban J connectivity index is 1.62. The second-order valence-electron chi connectivity index (χ2n) is 7.59. The summed E-state index contributed by atoms with van der Waals surface area (Å²) in [6.45, 7) is 11.6. The minimum Gasteiger partial charge on any atom is -0.376 e. The maximum Gasteiger partial charge on any atom is 0.223 e. The molecule has 3 rings (SSSR count). The first kappa shape index (κ1) is 19.4. The molecule has 3 heterocycles. The van der Waals surface area contributed by atoms with Crippen molar-refractivity contribution in [2.75, 3.05) is 19.7 Å². The maximum atomic E-state index is 12.4. The highest BCUT2D eigenvalue weighted by Gasteiger charge is 2.27. The highest BCUT2D eigenvalue weighted by atomic mass is 16.5. The number of hydrogen-bond donors (Lipinski definition) is 1. The van der Waals surface area contributed by atoms with Crippen molar-refractivity contribution in [3.8, 4) is 0 Å². The summed E-state index contributed by atoms with van der Waals surface area (Å²) in [7, 11) is 0. The largest absolute Gasteiger partial charge is 0.376 e. The Kier molecular flexibility index (Phi) is 6.70. The number of likely N-dealkylation sites (tertiary alicyclic amines) is 1. The first-order valence-corrected chi connectivity index (χ1v) is 10.3. The van der Waals surface area contributed by atoms with Crippen LogP contribution in [0, 0.1) is 5.92 Å². The number of aromatic nitrogens is 2. The number of piperidine rings is 1. The number of amides is 1. The van der Waals surface area contributed by atoms with Crippen molar-refractivity contribution in [3.63, 3.8) is 0 Å². The molecule has 0 spiro atoms. The van der Waals surface area contributed by atoms with Crippen LogP contribution >= 0.6 is 0 Å². The van der Waals surface area contributed by atoms with Crippen molar-refractivity contribution in [1.82, 2.24) is 20.0 Å². The number of nitrogens with zero attached hydrogens (tertiary/aromatic N) is 3. The molecule has 1 aromatic heterocycles. The second kappa shape index (κ2) is 9.00. The smallest absolute Gasteiger partial charge is 0.223 e. The van der Waals surface area contributed by atoms with Gasteiger partial charge in [0, 0.05) is 49.3 Å². The van der Waals surface area contributed by atoms with Crippen molar-refractivity contribution in [2.45, 2.75) is 78.6 Å². The molecular formula is C20H34N4O2. The fourth-order valence-corrected chi connectivity index (χ4v) is 4.27. The van der Waals surface area contributed by atoms with Crippen molar-refractivity contribution in [2.24, 2.45) is 5.92 Å². The van der Waals surface area contributed by atoms with Gasteiger partial charge in [0.25, 0.3) is 0 Å². The Hall–Kier alpha value is -1.40. The van der Waals surface area contributed by atoms with Gasteiger partial charge in [-0.2, -0.15) is 5.10 Å². The van der Waals surface area contributed by atoms with Crippen LogP contribution in [0.15, 0.2) is 0 Å². The summed E-state index contributed by atoms with van der Waals surface area (Å²) in [4.78, 5) is 14.9. The van der Waals surface area contributed by atoms with E-state index in [1.54, 1.807) is 0 Å². The van der Waals surface area contributed by atoms with E-state index in [-0.39, 0.29) is 17.9 Å². The zero-order valence-electron chi connectivity index (χ0n) is 16.6. The fraction of sp³-hybridized carbons (Fsp3) is 0.800. The number of aryl methyl sites for hydroxylation is 1. The van der Waals surface area contributed by atoms with E-state index in [4.69, 9.17) is 9.84 Å². The van der Waals surface area contributed by atoms with Gasteiger partial charge in [-0.15, -0.1) is 0 Å². The third-order valence-electron chi connectivity index (χ3n) is 5.86. The van der Waals surface area contributed by atoms with Gasteiger partial charge in [-0.05, 0) is 39.2 Å². The molecule has 0 radical (unpaired) electrons. The summed E-state index contributed by atoms with van der Waals surface area (Å²) in [5.41, 5.74) is 3.80. The summed E-state index contributed by atoms with van der Waals surface area (Å²) in [5, 5.41) is 8.14. The van der Waals surface area contributed by atoms with Crippen molar-refractivity contribution >= 4 is 5.91 Å². The molecule has 1 fully saturated rings. The highest BCUT2D eigenvalue weighted by molar-refractivity contribution is 5.78. The van der Waals surface area contributed by atoms with Gasteiger partial charge in [0.1, 0.15) is 0 Å². The minimum absolute atomic E-state index is 0.148. The fourth-order valence-electron chi connectivity index (χ4n) is 4.27. The summed E-state index contributed by atoms with van der Waals surface area (Å²) < 4.78 is 7.82. The van der Waals surface area contributed by atoms with E-state index in [2.05, 4.69) is 35.7 Å². The standard InChI is InChI=1S/C20H34N4O2/c1-4-15(5-2)20(25)21-16-8-7-10-23(12-16)13-18-17-14-26-11-9-19(17)24(6-3)22-18/h15-16H,4-14H2,1-3H3,(H,21,25). The van der Waals surface area contributed by atoms with Crippen LogP contribution in [0.1, 0.15) is 63.4 Å². The molecule has 146 valence electrons. The van der Waals surface area contributed by atoms with Crippen molar-refractivity contribution in [1.29, 1.82) is 0 Å². The second-order valence-corrected chi connectivity index (χ2v) is 7.59. The predicted molar refractivity (Wildman–Crippen MR) is 102 cm³/mol. The van der Waals surface area contributed by atoms with Crippen LogP contribution in [0.3, 0.4) is 0 Å². The van der Waals surface area contributed by atoms with Crippen molar-refractivity contribution in [3.05, 3.63) is 17.0 Å². The Morgan fingerprint density at radius 3 is 2.88 bits per heavy atom. The molecule has 0 saturated carbocycles. The Labute approximate surface area is 157 Å². The zero-order valence-corrected chi connectivity index (χ0v) is 16.6. The number of rotatable bonds is 7. The van der Waals surface area contributed by atoms with Crippen molar-refractivity contribution < 1.29 is 9.53 Å². The quantitative estimate of drug-likeness (QED) is 0.810. The highest BCUT2D eigenvalue weighted by Crippen LogP contribution is 2.23. The number of hydrogen-bond acceptors (Lipinski definition) is 4. The van der Waals surface area contributed by atoms with Gasteiger partial charge in [-0.3, -0.25) is 14.4 Å². The zero-order chi connectivity index (χ0) is 18.5.